The number of rotatable bonds is 6. The summed E-state index contributed by atoms with van der Waals surface area (Å²) in [6, 6.07) is 14.9. The molecule has 4 nitrogen and oxygen atoms in total. The smallest absolute Gasteiger partial charge is 0.228 e. The van der Waals surface area contributed by atoms with Gasteiger partial charge in [0, 0.05) is 49.2 Å². The van der Waals surface area contributed by atoms with Crippen molar-refractivity contribution in [3.05, 3.63) is 60.4 Å². The molecule has 1 aromatic heterocycles. The van der Waals surface area contributed by atoms with Crippen molar-refractivity contribution >= 4 is 11.6 Å². The molecule has 1 aliphatic heterocycles. The van der Waals surface area contributed by atoms with Crippen LogP contribution in [0.5, 0.6) is 0 Å². The minimum Gasteiger partial charge on any atom is -0.368 e. The van der Waals surface area contributed by atoms with Crippen LogP contribution in [0.1, 0.15) is 53.0 Å². The zero-order valence-electron chi connectivity index (χ0n) is 18.6. The highest BCUT2D eigenvalue weighted by Crippen LogP contribution is 2.35. The van der Waals surface area contributed by atoms with Crippen LogP contribution in [0.4, 0.5) is 5.69 Å². The van der Waals surface area contributed by atoms with E-state index in [4.69, 9.17) is 0 Å². The molecule has 2 heterocycles. The van der Waals surface area contributed by atoms with Gasteiger partial charge in [-0.1, -0.05) is 45.9 Å². The fourth-order valence-corrected chi connectivity index (χ4v) is 4.20. The Kier molecular flexibility index (Phi) is 6.30. The fraction of sp³-hybridized carbons (Fsp3) is 0.520. The van der Waals surface area contributed by atoms with Crippen LogP contribution in [-0.4, -0.2) is 41.5 Å². The van der Waals surface area contributed by atoms with Crippen LogP contribution >= 0.6 is 0 Å². The van der Waals surface area contributed by atoms with E-state index < -0.39 is 0 Å². The second-order valence-corrected chi connectivity index (χ2v) is 9.63. The van der Waals surface area contributed by atoms with Crippen molar-refractivity contribution in [2.45, 2.75) is 58.9 Å². The second kappa shape index (κ2) is 8.56. The third kappa shape index (κ3) is 4.98. The summed E-state index contributed by atoms with van der Waals surface area (Å²) in [5.74, 6) is 0.281. The summed E-state index contributed by atoms with van der Waals surface area (Å²) >= 11 is 0. The van der Waals surface area contributed by atoms with Crippen LogP contribution in [0.25, 0.3) is 0 Å². The zero-order valence-corrected chi connectivity index (χ0v) is 18.6. The molecular weight excluding hydrogens is 358 g/mol. The van der Waals surface area contributed by atoms with Crippen LogP contribution in [0, 0.1) is 5.41 Å². The Bertz CT molecular complexity index is 801. The van der Waals surface area contributed by atoms with E-state index in [0.717, 1.165) is 32.5 Å². The Hall–Kier alpha value is -2.36. The quantitative estimate of drug-likeness (QED) is 0.700. The SMILES string of the molecule is CC1CN(c2ccccc2)CCN1C(=O)C(C)(C)CCC(C)(C)c1ccncc1. The van der Waals surface area contributed by atoms with Crippen LogP contribution < -0.4 is 4.90 Å². The minimum absolute atomic E-state index is 0.0259. The molecule has 4 heteroatoms. The van der Waals surface area contributed by atoms with E-state index in [1.165, 1.54) is 11.3 Å². The molecule has 1 atom stereocenters. The van der Waals surface area contributed by atoms with Crippen molar-refractivity contribution in [3.63, 3.8) is 0 Å². The summed E-state index contributed by atoms with van der Waals surface area (Å²) in [6.07, 6.45) is 5.53. The van der Waals surface area contributed by atoms with Gasteiger partial charge in [-0.3, -0.25) is 9.78 Å². The summed E-state index contributed by atoms with van der Waals surface area (Å²) in [5.41, 5.74) is 2.18. The molecule has 3 rings (SSSR count). The molecule has 1 unspecified atom stereocenters. The van der Waals surface area contributed by atoms with Gasteiger partial charge in [0.15, 0.2) is 0 Å². The van der Waals surface area contributed by atoms with Crippen LogP contribution in [-0.2, 0) is 10.2 Å². The van der Waals surface area contributed by atoms with Gasteiger partial charge in [0.1, 0.15) is 0 Å². The number of hydrogen-bond acceptors (Lipinski definition) is 3. The minimum atomic E-state index is -0.368. The maximum atomic E-state index is 13.4. The highest BCUT2D eigenvalue weighted by molar-refractivity contribution is 5.82. The molecular formula is C25H35N3O. The number of amides is 1. The molecule has 0 aliphatic carbocycles. The van der Waals surface area contributed by atoms with Gasteiger partial charge in [0.25, 0.3) is 0 Å². The molecule has 1 fully saturated rings. The van der Waals surface area contributed by atoms with E-state index in [9.17, 15) is 4.79 Å². The molecule has 1 amide bonds. The number of nitrogens with zero attached hydrogens (tertiary/aromatic N) is 3. The molecule has 29 heavy (non-hydrogen) atoms. The number of pyridine rings is 1. The third-order valence-electron chi connectivity index (χ3n) is 6.43. The highest BCUT2D eigenvalue weighted by Gasteiger charge is 2.37. The lowest BCUT2D eigenvalue weighted by Gasteiger charge is -2.44. The van der Waals surface area contributed by atoms with Gasteiger partial charge in [-0.25, -0.2) is 0 Å². The van der Waals surface area contributed by atoms with Crippen LogP contribution in [0.3, 0.4) is 0 Å². The standard InChI is InChI=1S/C25H35N3O/c1-20-19-27(22-9-7-6-8-10-22)17-18-28(20)23(29)25(4,5)14-13-24(2,3)21-11-15-26-16-12-21/h6-12,15-16,20H,13-14,17-19H2,1-5H3. The lowest BCUT2D eigenvalue weighted by Crippen LogP contribution is -2.57. The zero-order chi connectivity index (χ0) is 21.1. The average Bonchev–Trinajstić information content (AvgIpc) is 2.73. The van der Waals surface area contributed by atoms with E-state index in [1.54, 1.807) is 0 Å². The van der Waals surface area contributed by atoms with Crippen molar-refractivity contribution in [2.24, 2.45) is 5.41 Å². The van der Waals surface area contributed by atoms with Crippen molar-refractivity contribution in [1.82, 2.24) is 9.88 Å². The van der Waals surface area contributed by atoms with Crippen LogP contribution in [0.2, 0.25) is 0 Å². The third-order valence-corrected chi connectivity index (χ3v) is 6.43. The first-order valence-electron chi connectivity index (χ1n) is 10.7. The van der Waals surface area contributed by atoms with E-state index >= 15 is 0 Å². The lowest BCUT2D eigenvalue weighted by molar-refractivity contribution is -0.143. The molecule has 1 saturated heterocycles. The van der Waals surface area contributed by atoms with Gasteiger partial charge >= 0.3 is 0 Å². The molecule has 0 spiro atoms. The largest absolute Gasteiger partial charge is 0.368 e. The summed E-state index contributed by atoms with van der Waals surface area (Å²) in [7, 11) is 0. The van der Waals surface area contributed by atoms with Gasteiger partial charge in [-0.05, 0) is 55.0 Å². The lowest BCUT2D eigenvalue weighted by atomic mass is 9.75. The topological polar surface area (TPSA) is 36.4 Å². The summed E-state index contributed by atoms with van der Waals surface area (Å²) in [4.78, 5) is 22.0. The number of benzene rings is 1. The van der Waals surface area contributed by atoms with Gasteiger partial charge in [0.2, 0.25) is 5.91 Å². The summed E-state index contributed by atoms with van der Waals surface area (Å²) in [6.45, 7) is 13.4. The van der Waals surface area contributed by atoms with Gasteiger partial charge in [0.05, 0.1) is 0 Å². The molecule has 1 aromatic carbocycles. The van der Waals surface area contributed by atoms with E-state index in [-0.39, 0.29) is 22.8 Å². The maximum Gasteiger partial charge on any atom is 0.228 e. The van der Waals surface area contributed by atoms with Crippen molar-refractivity contribution in [2.75, 3.05) is 24.5 Å². The first-order valence-corrected chi connectivity index (χ1v) is 10.7. The molecule has 156 valence electrons. The Labute approximate surface area is 175 Å². The molecule has 0 saturated carbocycles. The van der Waals surface area contributed by atoms with Crippen molar-refractivity contribution in [1.29, 1.82) is 0 Å². The number of aromatic nitrogens is 1. The molecule has 2 aromatic rings. The second-order valence-electron chi connectivity index (χ2n) is 9.63. The van der Waals surface area contributed by atoms with E-state index in [1.807, 2.05) is 18.5 Å². The van der Waals surface area contributed by atoms with Gasteiger partial charge in [-0.2, -0.15) is 0 Å². The van der Waals surface area contributed by atoms with Crippen LogP contribution in [0.15, 0.2) is 54.9 Å². The first-order chi connectivity index (χ1) is 13.7. The maximum absolute atomic E-state index is 13.4. The number of hydrogen-bond donors (Lipinski definition) is 0. The van der Waals surface area contributed by atoms with E-state index in [0.29, 0.717) is 0 Å². The summed E-state index contributed by atoms with van der Waals surface area (Å²) in [5, 5.41) is 0. The molecule has 0 N–H and O–H groups in total. The average molecular weight is 394 g/mol. The van der Waals surface area contributed by atoms with Gasteiger partial charge in [-0.15, -0.1) is 0 Å². The predicted molar refractivity (Wildman–Crippen MR) is 120 cm³/mol. The Morgan fingerprint density at radius 2 is 1.66 bits per heavy atom. The molecule has 1 aliphatic rings. The molecule has 0 radical (unpaired) electrons. The Balaban J connectivity index is 1.61. The number of carbonyl (C=O) groups is 1. The molecule has 0 bridgehead atoms. The Morgan fingerprint density at radius 3 is 2.28 bits per heavy atom. The number of piperazine rings is 1. The summed E-state index contributed by atoms with van der Waals surface area (Å²) < 4.78 is 0. The monoisotopic (exact) mass is 393 g/mol. The number of anilines is 1. The Morgan fingerprint density at radius 1 is 1.00 bits per heavy atom. The number of para-hydroxylation sites is 1. The number of carbonyl (C=O) groups excluding carboxylic acids is 1. The normalized spacial score (nSPS) is 18.0. The first kappa shape index (κ1) is 21.4. The van der Waals surface area contributed by atoms with Crippen molar-refractivity contribution in [3.8, 4) is 0 Å². The fourth-order valence-electron chi connectivity index (χ4n) is 4.20. The van der Waals surface area contributed by atoms with Gasteiger partial charge < -0.3 is 9.80 Å². The van der Waals surface area contributed by atoms with Crippen molar-refractivity contribution < 1.29 is 4.79 Å². The van der Waals surface area contributed by atoms with E-state index in [2.05, 4.69) is 85.8 Å². The highest BCUT2D eigenvalue weighted by atomic mass is 16.2. The predicted octanol–water partition coefficient (Wildman–Crippen LogP) is 4.90.